The fourth-order valence-corrected chi connectivity index (χ4v) is 3.50. The third kappa shape index (κ3) is 5.42. The summed E-state index contributed by atoms with van der Waals surface area (Å²) in [5.74, 6) is -0.452. The zero-order chi connectivity index (χ0) is 22.5. The molecule has 2 aromatic rings. The van der Waals surface area contributed by atoms with Crippen LogP contribution >= 0.6 is 0 Å². The summed E-state index contributed by atoms with van der Waals surface area (Å²) in [6.07, 6.45) is 3.73. The van der Waals surface area contributed by atoms with E-state index in [9.17, 15) is 14.0 Å². The lowest BCUT2D eigenvalue weighted by molar-refractivity contribution is 0.0680. The Morgan fingerprint density at radius 3 is 2.71 bits per heavy atom. The van der Waals surface area contributed by atoms with Crippen LogP contribution in [0.2, 0.25) is 0 Å². The van der Waals surface area contributed by atoms with E-state index in [-0.39, 0.29) is 41.2 Å². The number of anilines is 2. The summed E-state index contributed by atoms with van der Waals surface area (Å²) in [5, 5.41) is 7.53. The number of rotatable bonds is 7. The van der Waals surface area contributed by atoms with Gasteiger partial charge in [0.2, 0.25) is 0 Å². The van der Waals surface area contributed by atoms with Crippen LogP contribution in [0.25, 0.3) is 0 Å². The van der Waals surface area contributed by atoms with Crippen molar-refractivity contribution in [1.29, 1.82) is 0 Å². The van der Waals surface area contributed by atoms with E-state index in [1.165, 1.54) is 12.1 Å². The minimum atomic E-state index is -0.643. The van der Waals surface area contributed by atoms with Crippen LogP contribution in [0, 0.1) is 17.7 Å². The van der Waals surface area contributed by atoms with Crippen LogP contribution in [0.5, 0.6) is 0 Å². The van der Waals surface area contributed by atoms with E-state index in [0.717, 1.165) is 0 Å². The van der Waals surface area contributed by atoms with Crippen molar-refractivity contribution in [1.82, 2.24) is 14.7 Å². The number of nitrogens with one attached hydrogen (secondary N) is 1. The average molecular weight is 429 g/mol. The molecule has 1 aliphatic heterocycles. The first-order valence-electron chi connectivity index (χ1n) is 10.2. The molecule has 0 radical (unpaired) electrons. The highest BCUT2D eigenvalue weighted by Crippen LogP contribution is 2.31. The highest BCUT2D eigenvalue weighted by Gasteiger charge is 2.33. The van der Waals surface area contributed by atoms with E-state index < -0.39 is 5.91 Å². The quantitative estimate of drug-likeness (QED) is 0.653. The monoisotopic (exact) mass is 429 g/mol. The molecule has 2 amide bonds. The SMILES string of the molecule is C=C[C@@H]1CCN(C(=O)OCC(C)C)C[C@H]1n1cc(C(N)=O)c(Nc2ccc(F)cc2)n1. The molecule has 0 unspecified atom stereocenters. The van der Waals surface area contributed by atoms with E-state index in [0.29, 0.717) is 31.8 Å². The largest absolute Gasteiger partial charge is 0.449 e. The zero-order valence-corrected chi connectivity index (χ0v) is 17.8. The Hall–Kier alpha value is -3.36. The lowest BCUT2D eigenvalue weighted by atomic mass is 9.92. The van der Waals surface area contributed by atoms with E-state index in [1.807, 2.05) is 19.9 Å². The van der Waals surface area contributed by atoms with Crippen molar-refractivity contribution in [2.75, 3.05) is 25.0 Å². The highest BCUT2D eigenvalue weighted by atomic mass is 19.1. The van der Waals surface area contributed by atoms with Crippen molar-refractivity contribution in [3.63, 3.8) is 0 Å². The summed E-state index contributed by atoms with van der Waals surface area (Å²) < 4.78 is 20.2. The van der Waals surface area contributed by atoms with Gasteiger partial charge < -0.3 is 20.7 Å². The molecule has 0 spiro atoms. The lowest BCUT2D eigenvalue weighted by Gasteiger charge is -2.36. The van der Waals surface area contributed by atoms with Crippen molar-refractivity contribution < 1.29 is 18.7 Å². The minimum absolute atomic E-state index is 0.0495. The first-order valence-corrected chi connectivity index (χ1v) is 10.2. The number of carbonyl (C=O) groups is 2. The van der Waals surface area contributed by atoms with E-state index in [1.54, 1.807) is 27.9 Å². The topological polar surface area (TPSA) is 102 Å². The van der Waals surface area contributed by atoms with Crippen LogP contribution in [0.3, 0.4) is 0 Å². The van der Waals surface area contributed by atoms with Gasteiger partial charge in [-0.3, -0.25) is 9.48 Å². The number of hydrogen-bond acceptors (Lipinski definition) is 5. The second-order valence-electron chi connectivity index (χ2n) is 8.04. The summed E-state index contributed by atoms with van der Waals surface area (Å²) in [6.45, 7) is 9.13. The summed E-state index contributed by atoms with van der Waals surface area (Å²) in [7, 11) is 0. The van der Waals surface area contributed by atoms with Gasteiger partial charge in [-0.05, 0) is 36.6 Å². The van der Waals surface area contributed by atoms with Crippen LogP contribution in [0.1, 0.15) is 36.7 Å². The standard InChI is InChI=1S/C22H28FN5O3/c1-4-15-9-10-27(22(30)31-13-14(2)3)12-19(15)28-11-18(20(24)29)21(26-28)25-17-7-5-16(23)6-8-17/h4-8,11,14-15,19H,1,9-10,12-13H2,2-3H3,(H2,24,29)(H,25,26)/t15-,19-/m1/s1. The normalized spacial score (nSPS) is 18.6. The van der Waals surface area contributed by atoms with Crippen LogP contribution in [0.4, 0.5) is 20.7 Å². The van der Waals surface area contributed by atoms with Crippen LogP contribution < -0.4 is 11.1 Å². The maximum absolute atomic E-state index is 13.2. The molecule has 1 saturated heterocycles. The summed E-state index contributed by atoms with van der Waals surface area (Å²) >= 11 is 0. The Balaban J connectivity index is 1.84. The first kappa shape index (κ1) is 22.3. The number of primary amides is 1. The molecule has 2 atom stereocenters. The fourth-order valence-electron chi connectivity index (χ4n) is 3.50. The highest BCUT2D eigenvalue weighted by molar-refractivity contribution is 5.98. The number of aromatic nitrogens is 2. The van der Waals surface area contributed by atoms with Gasteiger partial charge in [-0.2, -0.15) is 5.10 Å². The number of nitrogens with zero attached hydrogens (tertiary/aromatic N) is 3. The average Bonchev–Trinajstić information content (AvgIpc) is 3.17. The molecule has 1 fully saturated rings. The summed E-state index contributed by atoms with van der Waals surface area (Å²) in [6, 6.07) is 5.45. The number of carbonyl (C=O) groups excluding carboxylic acids is 2. The van der Waals surface area contributed by atoms with Crippen LogP contribution in [-0.2, 0) is 4.74 Å². The van der Waals surface area contributed by atoms with Gasteiger partial charge >= 0.3 is 6.09 Å². The Labute approximate surface area is 180 Å². The number of benzene rings is 1. The van der Waals surface area contributed by atoms with Gasteiger partial charge in [-0.25, -0.2) is 9.18 Å². The molecule has 0 bridgehead atoms. The Morgan fingerprint density at radius 1 is 1.39 bits per heavy atom. The molecule has 0 aliphatic carbocycles. The van der Waals surface area contributed by atoms with Crippen molar-refractivity contribution >= 4 is 23.5 Å². The number of likely N-dealkylation sites (tertiary alicyclic amines) is 1. The van der Waals surface area contributed by atoms with Gasteiger partial charge in [0.1, 0.15) is 11.4 Å². The van der Waals surface area contributed by atoms with E-state index in [2.05, 4.69) is 17.0 Å². The van der Waals surface area contributed by atoms with Gasteiger partial charge in [0.05, 0.1) is 12.6 Å². The number of ether oxygens (including phenoxy) is 1. The zero-order valence-electron chi connectivity index (χ0n) is 17.8. The number of nitrogens with two attached hydrogens (primary N) is 1. The molecule has 3 N–H and O–H groups in total. The molecule has 31 heavy (non-hydrogen) atoms. The van der Waals surface area contributed by atoms with Gasteiger partial charge in [0.25, 0.3) is 5.91 Å². The number of halogens is 1. The second-order valence-corrected chi connectivity index (χ2v) is 8.04. The molecule has 2 heterocycles. The predicted molar refractivity (Wildman–Crippen MR) is 116 cm³/mol. The molecule has 1 aromatic carbocycles. The van der Waals surface area contributed by atoms with Gasteiger partial charge in [-0.15, -0.1) is 6.58 Å². The van der Waals surface area contributed by atoms with Gasteiger partial charge in [0.15, 0.2) is 5.82 Å². The molecule has 9 heteroatoms. The predicted octanol–water partition coefficient (Wildman–Crippen LogP) is 3.71. The van der Waals surface area contributed by atoms with Gasteiger partial charge in [0, 0.05) is 30.9 Å². The molecule has 1 aliphatic rings. The number of piperidine rings is 1. The first-order chi connectivity index (χ1) is 14.8. The van der Waals surface area contributed by atoms with Crippen molar-refractivity contribution in [3.05, 3.63) is 54.5 Å². The number of hydrogen-bond donors (Lipinski definition) is 2. The van der Waals surface area contributed by atoms with Crippen LogP contribution in [-0.4, -0.2) is 46.4 Å². The Morgan fingerprint density at radius 2 is 2.10 bits per heavy atom. The molecular formula is C22H28FN5O3. The summed E-state index contributed by atoms with van der Waals surface area (Å²) in [4.78, 5) is 26.1. The maximum atomic E-state index is 13.2. The lowest BCUT2D eigenvalue weighted by Crippen LogP contribution is -2.44. The van der Waals surface area contributed by atoms with Crippen LogP contribution in [0.15, 0.2) is 43.1 Å². The Kier molecular flexibility index (Phi) is 6.94. The number of amides is 2. The molecule has 0 saturated carbocycles. The maximum Gasteiger partial charge on any atom is 0.409 e. The molecule has 3 rings (SSSR count). The van der Waals surface area contributed by atoms with E-state index >= 15 is 0 Å². The van der Waals surface area contributed by atoms with Crippen molar-refractivity contribution in [3.8, 4) is 0 Å². The second kappa shape index (κ2) is 9.63. The third-order valence-corrected chi connectivity index (χ3v) is 5.18. The smallest absolute Gasteiger partial charge is 0.409 e. The Bertz CT molecular complexity index is 941. The molecule has 8 nitrogen and oxygen atoms in total. The molecule has 1 aromatic heterocycles. The fraction of sp³-hybridized carbons (Fsp3) is 0.409. The summed E-state index contributed by atoms with van der Waals surface area (Å²) in [5.41, 5.74) is 6.32. The van der Waals surface area contributed by atoms with E-state index in [4.69, 9.17) is 10.5 Å². The van der Waals surface area contributed by atoms with Crippen molar-refractivity contribution in [2.24, 2.45) is 17.6 Å². The molecule has 166 valence electrons. The minimum Gasteiger partial charge on any atom is -0.449 e. The molecular weight excluding hydrogens is 401 g/mol. The van der Waals surface area contributed by atoms with Gasteiger partial charge in [-0.1, -0.05) is 19.9 Å². The van der Waals surface area contributed by atoms with Crippen molar-refractivity contribution in [2.45, 2.75) is 26.3 Å². The third-order valence-electron chi connectivity index (χ3n) is 5.18. The number of allylic oxidation sites excluding steroid dienone is 1.